The SMILES string of the molecule is Cc1nccc(CNCc2cc(C(=O)O)cs2)n1. The fraction of sp³-hybridized carbons (Fsp3) is 0.250. The van der Waals surface area contributed by atoms with E-state index in [1.807, 2.05) is 13.0 Å². The molecule has 0 aromatic carbocycles. The number of rotatable bonds is 5. The van der Waals surface area contributed by atoms with E-state index in [0.717, 1.165) is 16.4 Å². The van der Waals surface area contributed by atoms with Crippen LogP contribution in [-0.2, 0) is 13.1 Å². The number of nitrogens with one attached hydrogen (secondary N) is 1. The van der Waals surface area contributed by atoms with Gasteiger partial charge in [0.1, 0.15) is 5.82 Å². The predicted molar refractivity (Wildman–Crippen MR) is 68.6 cm³/mol. The lowest BCUT2D eigenvalue weighted by Gasteiger charge is -2.02. The Kier molecular flexibility index (Phi) is 4.01. The van der Waals surface area contributed by atoms with Crippen molar-refractivity contribution in [3.8, 4) is 0 Å². The molecule has 0 unspecified atom stereocenters. The van der Waals surface area contributed by atoms with Gasteiger partial charge in [0.2, 0.25) is 0 Å². The Morgan fingerprint density at radius 2 is 2.33 bits per heavy atom. The van der Waals surface area contributed by atoms with E-state index in [0.29, 0.717) is 18.7 Å². The third-order valence-electron chi connectivity index (χ3n) is 2.34. The molecule has 0 spiro atoms. The zero-order valence-electron chi connectivity index (χ0n) is 9.88. The third-order valence-corrected chi connectivity index (χ3v) is 3.28. The molecule has 6 heteroatoms. The molecule has 0 aliphatic carbocycles. The van der Waals surface area contributed by atoms with Crippen LogP contribution in [0.25, 0.3) is 0 Å². The van der Waals surface area contributed by atoms with Crippen LogP contribution in [-0.4, -0.2) is 21.0 Å². The summed E-state index contributed by atoms with van der Waals surface area (Å²) >= 11 is 1.44. The molecule has 0 saturated heterocycles. The molecular weight excluding hydrogens is 250 g/mol. The second-order valence-corrected chi connectivity index (χ2v) is 4.80. The maximum absolute atomic E-state index is 10.7. The van der Waals surface area contributed by atoms with Crippen LogP contribution in [0, 0.1) is 6.92 Å². The first-order chi connectivity index (χ1) is 8.65. The van der Waals surface area contributed by atoms with Crippen LogP contribution in [0.5, 0.6) is 0 Å². The van der Waals surface area contributed by atoms with E-state index >= 15 is 0 Å². The van der Waals surface area contributed by atoms with E-state index in [9.17, 15) is 4.79 Å². The number of aromatic carboxylic acids is 1. The Bertz CT molecular complexity index is 554. The topological polar surface area (TPSA) is 75.1 Å². The number of carbonyl (C=O) groups is 1. The first kappa shape index (κ1) is 12.7. The van der Waals surface area contributed by atoms with Gasteiger partial charge in [-0.1, -0.05) is 0 Å². The van der Waals surface area contributed by atoms with Crippen LogP contribution in [0.1, 0.15) is 26.8 Å². The van der Waals surface area contributed by atoms with E-state index in [4.69, 9.17) is 5.11 Å². The number of carboxylic acid groups (broad SMARTS) is 1. The Balaban J connectivity index is 1.86. The van der Waals surface area contributed by atoms with Crippen LogP contribution >= 0.6 is 11.3 Å². The number of nitrogens with zero attached hydrogens (tertiary/aromatic N) is 2. The van der Waals surface area contributed by atoms with Crippen molar-refractivity contribution in [1.29, 1.82) is 0 Å². The molecule has 0 saturated carbocycles. The van der Waals surface area contributed by atoms with Gasteiger partial charge < -0.3 is 10.4 Å². The van der Waals surface area contributed by atoms with Crippen LogP contribution in [0.2, 0.25) is 0 Å². The average molecular weight is 263 g/mol. The number of hydrogen-bond donors (Lipinski definition) is 2. The lowest BCUT2D eigenvalue weighted by Crippen LogP contribution is -2.13. The molecule has 2 heterocycles. The molecule has 0 amide bonds. The number of aromatic nitrogens is 2. The Labute approximate surface area is 109 Å². The summed E-state index contributed by atoms with van der Waals surface area (Å²) in [4.78, 5) is 20.0. The van der Waals surface area contributed by atoms with Gasteiger partial charge in [0.15, 0.2) is 0 Å². The minimum absolute atomic E-state index is 0.342. The highest BCUT2D eigenvalue weighted by atomic mass is 32.1. The van der Waals surface area contributed by atoms with Crippen LogP contribution in [0.4, 0.5) is 0 Å². The summed E-state index contributed by atoms with van der Waals surface area (Å²) in [5, 5.41) is 13.7. The van der Waals surface area contributed by atoms with Gasteiger partial charge in [0.25, 0.3) is 0 Å². The quantitative estimate of drug-likeness (QED) is 0.860. The minimum atomic E-state index is -0.885. The first-order valence-corrected chi connectivity index (χ1v) is 6.33. The summed E-state index contributed by atoms with van der Waals surface area (Å²) in [5.41, 5.74) is 1.27. The van der Waals surface area contributed by atoms with E-state index in [1.165, 1.54) is 11.3 Å². The van der Waals surface area contributed by atoms with Crippen molar-refractivity contribution in [3.63, 3.8) is 0 Å². The molecule has 0 atom stereocenters. The lowest BCUT2D eigenvalue weighted by molar-refractivity contribution is 0.0697. The Morgan fingerprint density at radius 3 is 3.00 bits per heavy atom. The molecule has 2 rings (SSSR count). The van der Waals surface area contributed by atoms with Gasteiger partial charge in [-0.2, -0.15) is 0 Å². The van der Waals surface area contributed by atoms with Gasteiger partial charge in [-0.25, -0.2) is 14.8 Å². The molecule has 0 radical (unpaired) electrons. The van der Waals surface area contributed by atoms with Crippen molar-refractivity contribution in [2.45, 2.75) is 20.0 Å². The van der Waals surface area contributed by atoms with Gasteiger partial charge in [0.05, 0.1) is 11.3 Å². The van der Waals surface area contributed by atoms with Gasteiger partial charge in [-0.3, -0.25) is 0 Å². The van der Waals surface area contributed by atoms with E-state index < -0.39 is 5.97 Å². The first-order valence-electron chi connectivity index (χ1n) is 5.45. The summed E-state index contributed by atoms with van der Waals surface area (Å²) in [6.07, 6.45) is 1.73. The van der Waals surface area contributed by atoms with Crippen LogP contribution < -0.4 is 5.32 Å². The van der Waals surface area contributed by atoms with Crippen molar-refractivity contribution in [2.24, 2.45) is 0 Å². The molecule has 2 aromatic rings. The molecule has 94 valence electrons. The highest BCUT2D eigenvalue weighted by molar-refractivity contribution is 7.10. The van der Waals surface area contributed by atoms with Crippen molar-refractivity contribution in [2.75, 3.05) is 0 Å². The second kappa shape index (κ2) is 5.70. The van der Waals surface area contributed by atoms with E-state index in [1.54, 1.807) is 17.6 Å². The van der Waals surface area contributed by atoms with Crippen molar-refractivity contribution >= 4 is 17.3 Å². The summed E-state index contributed by atoms with van der Waals surface area (Å²) in [5.74, 6) is -0.137. The van der Waals surface area contributed by atoms with Gasteiger partial charge in [-0.15, -0.1) is 11.3 Å². The molecule has 0 aliphatic heterocycles. The summed E-state index contributed by atoms with van der Waals surface area (Å²) in [6.45, 7) is 3.13. The molecule has 2 N–H and O–H groups in total. The van der Waals surface area contributed by atoms with Crippen molar-refractivity contribution in [3.05, 3.63) is 45.7 Å². The fourth-order valence-electron chi connectivity index (χ4n) is 1.50. The highest BCUT2D eigenvalue weighted by Crippen LogP contribution is 2.14. The molecule has 18 heavy (non-hydrogen) atoms. The smallest absolute Gasteiger partial charge is 0.336 e. The monoisotopic (exact) mass is 263 g/mol. The fourth-order valence-corrected chi connectivity index (χ4v) is 2.33. The van der Waals surface area contributed by atoms with Gasteiger partial charge >= 0.3 is 5.97 Å². The number of carboxylic acids is 1. The average Bonchev–Trinajstić information content (AvgIpc) is 2.78. The zero-order chi connectivity index (χ0) is 13.0. The lowest BCUT2D eigenvalue weighted by atomic mass is 10.3. The number of hydrogen-bond acceptors (Lipinski definition) is 5. The van der Waals surface area contributed by atoms with E-state index in [-0.39, 0.29) is 0 Å². The maximum atomic E-state index is 10.7. The third kappa shape index (κ3) is 3.35. The molecule has 0 bridgehead atoms. The summed E-state index contributed by atoms with van der Waals surface area (Å²) in [7, 11) is 0. The van der Waals surface area contributed by atoms with Gasteiger partial charge in [0, 0.05) is 29.5 Å². The molecule has 0 fully saturated rings. The maximum Gasteiger partial charge on any atom is 0.336 e. The second-order valence-electron chi connectivity index (χ2n) is 3.81. The zero-order valence-corrected chi connectivity index (χ0v) is 10.7. The van der Waals surface area contributed by atoms with Crippen LogP contribution in [0.15, 0.2) is 23.7 Å². The molecule has 5 nitrogen and oxygen atoms in total. The predicted octanol–water partition coefficient (Wildman–Crippen LogP) is 1.83. The normalized spacial score (nSPS) is 10.5. The molecule has 2 aromatic heterocycles. The van der Waals surface area contributed by atoms with Crippen molar-refractivity contribution in [1.82, 2.24) is 15.3 Å². The van der Waals surface area contributed by atoms with Gasteiger partial charge in [-0.05, 0) is 19.1 Å². The summed E-state index contributed by atoms with van der Waals surface area (Å²) < 4.78 is 0. The van der Waals surface area contributed by atoms with Crippen molar-refractivity contribution < 1.29 is 9.90 Å². The van der Waals surface area contributed by atoms with E-state index in [2.05, 4.69) is 15.3 Å². The number of thiophene rings is 1. The molecular formula is C12H13N3O2S. The Morgan fingerprint density at radius 1 is 1.50 bits per heavy atom. The minimum Gasteiger partial charge on any atom is -0.478 e. The standard InChI is InChI=1S/C12H13N3O2S/c1-8-14-3-2-10(15-8)5-13-6-11-4-9(7-18-11)12(16)17/h2-4,7,13H,5-6H2,1H3,(H,16,17). The molecule has 0 aliphatic rings. The van der Waals surface area contributed by atoms with Crippen LogP contribution in [0.3, 0.4) is 0 Å². The highest BCUT2D eigenvalue weighted by Gasteiger charge is 2.06. The number of aryl methyl sites for hydroxylation is 1. The Hall–Kier alpha value is -1.79. The largest absolute Gasteiger partial charge is 0.478 e. The summed E-state index contributed by atoms with van der Waals surface area (Å²) in [6, 6.07) is 3.54.